The average Bonchev–Trinajstić information content (AvgIpc) is 2.55. The second-order valence-electron chi connectivity index (χ2n) is 5.50. The zero-order valence-corrected chi connectivity index (χ0v) is 12.3. The second-order valence-corrected chi connectivity index (χ2v) is 5.50. The van der Waals surface area contributed by atoms with Crippen molar-refractivity contribution in [2.45, 2.75) is 6.42 Å². The Kier molecular flexibility index (Phi) is 4.36. The first-order valence-electron chi connectivity index (χ1n) is 7.53. The molecule has 0 radical (unpaired) electrons. The Morgan fingerprint density at radius 1 is 1.00 bits per heavy atom. The topological polar surface area (TPSA) is 45.4 Å². The van der Waals surface area contributed by atoms with E-state index in [9.17, 15) is 0 Å². The Balaban J connectivity index is 1.50. The van der Waals surface area contributed by atoms with Gasteiger partial charge < -0.3 is 10.6 Å². The summed E-state index contributed by atoms with van der Waals surface area (Å²) in [6.45, 7) is 5.37. The number of nitrogens with zero attached hydrogens (tertiary/aromatic N) is 3. The summed E-state index contributed by atoms with van der Waals surface area (Å²) in [5.41, 5.74) is 9.31. The number of piperazine rings is 1. The fourth-order valence-electron chi connectivity index (χ4n) is 2.83. The summed E-state index contributed by atoms with van der Waals surface area (Å²) in [7, 11) is 0. The molecule has 1 aromatic carbocycles. The number of nitrogens with two attached hydrogens (primary N) is 1. The summed E-state index contributed by atoms with van der Waals surface area (Å²) >= 11 is 0. The van der Waals surface area contributed by atoms with Gasteiger partial charge in [0, 0.05) is 38.9 Å². The number of benzene rings is 1. The third-order valence-corrected chi connectivity index (χ3v) is 4.10. The van der Waals surface area contributed by atoms with Gasteiger partial charge in [-0.2, -0.15) is 0 Å². The molecule has 2 aromatic rings. The van der Waals surface area contributed by atoms with E-state index in [1.165, 1.54) is 5.56 Å². The summed E-state index contributed by atoms with van der Waals surface area (Å²) < 4.78 is 0. The van der Waals surface area contributed by atoms with E-state index < -0.39 is 0 Å². The molecule has 0 atom stereocenters. The van der Waals surface area contributed by atoms with Gasteiger partial charge in [-0.15, -0.1) is 0 Å². The lowest BCUT2D eigenvalue weighted by Gasteiger charge is -2.36. The first-order valence-corrected chi connectivity index (χ1v) is 7.53. The standard InChI is InChI=1S/C17H22N4/c18-16-14-19-8-6-17(16)21-12-10-20(11-13-21)9-7-15-4-2-1-3-5-15/h1-6,8,14H,7,9-13,18H2. The minimum Gasteiger partial charge on any atom is -0.396 e. The third kappa shape index (κ3) is 3.52. The van der Waals surface area contributed by atoms with Crippen LogP contribution in [-0.4, -0.2) is 42.6 Å². The molecule has 4 heteroatoms. The lowest BCUT2D eigenvalue weighted by Crippen LogP contribution is -2.47. The molecule has 2 heterocycles. The molecule has 4 nitrogen and oxygen atoms in total. The minimum atomic E-state index is 0.773. The maximum atomic E-state index is 6.00. The first kappa shape index (κ1) is 13.9. The quantitative estimate of drug-likeness (QED) is 0.932. The normalized spacial score (nSPS) is 16.1. The van der Waals surface area contributed by atoms with Crippen molar-refractivity contribution >= 4 is 11.4 Å². The Morgan fingerprint density at radius 2 is 1.76 bits per heavy atom. The Hall–Kier alpha value is -2.07. The highest BCUT2D eigenvalue weighted by atomic mass is 15.3. The number of aromatic nitrogens is 1. The maximum Gasteiger partial charge on any atom is 0.0738 e. The van der Waals surface area contributed by atoms with Crippen molar-refractivity contribution in [1.82, 2.24) is 9.88 Å². The van der Waals surface area contributed by atoms with E-state index in [1.807, 2.05) is 12.3 Å². The van der Waals surface area contributed by atoms with Crippen LogP contribution in [0.3, 0.4) is 0 Å². The van der Waals surface area contributed by atoms with Crippen molar-refractivity contribution in [2.75, 3.05) is 43.4 Å². The van der Waals surface area contributed by atoms with Gasteiger partial charge in [0.2, 0.25) is 0 Å². The Bertz CT molecular complexity index is 562. The molecule has 1 fully saturated rings. The molecule has 0 aliphatic carbocycles. The molecular weight excluding hydrogens is 260 g/mol. The van der Waals surface area contributed by atoms with Crippen molar-refractivity contribution in [3.63, 3.8) is 0 Å². The largest absolute Gasteiger partial charge is 0.396 e. The van der Waals surface area contributed by atoms with Gasteiger partial charge in [0.1, 0.15) is 0 Å². The van der Waals surface area contributed by atoms with Gasteiger partial charge in [0.15, 0.2) is 0 Å². The van der Waals surface area contributed by atoms with E-state index in [0.717, 1.165) is 50.5 Å². The van der Waals surface area contributed by atoms with E-state index in [2.05, 4.69) is 45.1 Å². The predicted molar refractivity (Wildman–Crippen MR) is 87.4 cm³/mol. The highest BCUT2D eigenvalue weighted by Gasteiger charge is 2.18. The van der Waals surface area contributed by atoms with Crippen LogP contribution in [0.15, 0.2) is 48.8 Å². The zero-order chi connectivity index (χ0) is 14.5. The lowest BCUT2D eigenvalue weighted by molar-refractivity contribution is 0.261. The van der Waals surface area contributed by atoms with Gasteiger partial charge in [0.05, 0.1) is 17.6 Å². The van der Waals surface area contributed by atoms with E-state index >= 15 is 0 Å². The number of anilines is 2. The first-order chi connectivity index (χ1) is 10.3. The lowest BCUT2D eigenvalue weighted by atomic mass is 10.1. The van der Waals surface area contributed by atoms with Crippen LogP contribution in [0.5, 0.6) is 0 Å². The summed E-state index contributed by atoms with van der Waals surface area (Å²) in [6.07, 6.45) is 4.67. The van der Waals surface area contributed by atoms with E-state index in [0.29, 0.717) is 0 Å². The highest BCUT2D eigenvalue weighted by molar-refractivity contribution is 5.66. The maximum absolute atomic E-state index is 6.00. The fourth-order valence-corrected chi connectivity index (χ4v) is 2.83. The summed E-state index contributed by atoms with van der Waals surface area (Å²) in [5.74, 6) is 0. The van der Waals surface area contributed by atoms with Crippen LogP contribution >= 0.6 is 0 Å². The monoisotopic (exact) mass is 282 g/mol. The van der Waals surface area contributed by atoms with Gasteiger partial charge in [-0.25, -0.2) is 0 Å². The molecule has 0 spiro atoms. The van der Waals surface area contributed by atoms with E-state index in [1.54, 1.807) is 6.20 Å². The highest BCUT2D eigenvalue weighted by Crippen LogP contribution is 2.22. The molecular formula is C17H22N4. The summed E-state index contributed by atoms with van der Waals surface area (Å²) in [6, 6.07) is 12.7. The van der Waals surface area contributed by atoms with Gasteiger partial charge in [-0.05, 0) is 18.1 Å². The number of hydrogen-bond acceptors (Lipinski definition) is 4. The van der Waals surface area contributed by atoms with Crippen molar-refractivity contribution in [2.24, 2.45) is 0 Å². The van der Waals surface area contributed by atoms with Crippen LogP contribution in [0.1, 0.15) is 5.56 Å². The fraction of sp³-hybridized carbons (Fsp3) is 0.353. The van der Waals surface area contributed by atoms with E-state index in [-0.39, 0.29) is 0 Å². The summed E-state index contributed by atoms with van der Waals surface area (Å²) in [4.78, 5) is 8.94. The van der Waals surface area contributed by atoms with Crippen LogP contribution in [0, 0.1) is 0 Å². The number of pyridine rings is 1. The van der Waals surface area contributed by atoms with Crippen molar-refractivity contribution in [3.05, 3.63) is 54.4 Å². The second kappa shape index (κ2) is 6.59. The van der Waals surface area contributed by atoms with Crippen molar-refractivity contribution in [1.29, 1.82) is 0 Å². The van der Waals surface area contributed by atoms with Crippen molar-refractivity contribution < 1.29 is 0 Å². The van der Waals surface area contributed by atoms with Crippen LogP contribution < -0.4 is 10.6 Å². The minimum absolute atomic E-state index is 0.773. The molecule has 0 amide bonds. The van der Waals surface area contributed by atoms with Crippen molar-refractivity contribution in [3.8, 4) is 0 Å². The van der Waals surface area contributed by atoms with Crippen LogP contribution in [0.25, 0.3) is 0 Å². The number of hydrogen-bond donors (Lipinski definition) is 1. The molecule has 2 N–H and O–H groups in total. The molecule has 0 unspecified atom stereocenters. The average molecular weight is 282 g/mol. The van der Waals surface area contributed by atoms with E-state index in [4.69, 9.17) is 5.73 Å². The molecule has 1 aliphatic heterocycles. The number of nitrogen functional groups attached to an aromatic ring is 1. The van der Waals surface area contributed by atoms with Gasteiger partial charge in [0.25, 0.3) is 0 Å². The van der Waals surface area contributed by atoms with Gasteiger partial charge in [-0.3, -0.25) is 9.88 Å². The molecule has 3 rings (SSSR count). The predicted octanol–water partition coefficient (Wildman–Crippen LogP) is 2.03. The zero-order valence-electron chi connectivity index (χ0n) is 12.3. The SMILES string of the molecule is Nc1cnccc1N1CCN(CCc2ccccc2)CC1. The molecule has 1 saturated heterocycles. The van der Waals surface area contributed by atoms with Crippen LogP contribution in [0.4, 0.5) is 11.4 Å². The number of rotatable bonds is 4. The molecule has 21 heavy (non-hydrogen) atoms. The van der Waals surface area contributed by atoms with Gasteiger partial charge in [-0.1, -0.05) is 30.3 Å². The van der Waals surface area contributed by atoms with Gasteiger partial charge >= 0.3 is 0 Å². The van der Waals surface area contributed by atoms with Crippen LogP contribution in [0.2, 0.25) is 0 Å². The smallest absolute Gasteiger partial charge is 0.0738 e. The Morgan fingerprint density at radius 3 is 2.48 bits per heavy atom. The molecule has 110 valence electrons. The molecule has 0 bridgehead atoms. The Labute approximate surface area is 126 Å². The third-order valence-electron chi connectivity index (χ3n) is 4.10. The summed E-state index contributed by atoms with van der Waals surface area (Å²) in [5, 5.41) is 0. The molecule has 1 aromatic heterocycles. The molecule has 1 aliphatic rings. The van der Waals surface area contributed by atoms with Crippen LogP contribution in [-0.2, 0) is 6.42 Å². The molecule has 0 saturated carbocycles.